The van der Waals surface area contributed by atoms with Crippen molar-refractivity contribution < 1.29 is 9.32 Å². The first-order valence-electron chi connectivity index (χ1n) is 8.31. The van der Waals surface area contributed by atoms with Crippen molar-refractivity contribution in [1.29, 1.82) is 0 Å². The molecule has 1 unspecified atom stereocenters. The molecule has 1 fully saturated rings. The summed E-state index contributed by atoms with van der Waals surface area (Å²) in [7, 11) is 0. The lowest BCUT2D eigenvalue weighted by molar-refractivity contribution is -0.128. The zero-order valence-corrected chi connectivity index (χ0v) is 15.0. The van der Waals surface area contributed by atoms with E-state index in [9.17, 15) is 4.79 Å². The molecule has 0 N–H and O–H groups in total. The van der Waals surface area contributed by atoms with Crippen LogP contribution in [0.3, 0.4) is 0 Å². The van der Waals surface area contributed by atoms with Gasteiger partial charge in [0.25, 0.3) is 0 Å². The Morgan fingerprint density at radius 3 is 2.96 bits per heavy atom. The SMILES string of the molecule is Cc1ccc(-c2noc(C3CC(=O)N(Cc4cccs4)C3)n2)c(C)c1. The molecule has 1 saturated heterocycles. The Morgan fingerprint density at radius 1 is 1.32 bits per heavy atom. The van der Waals surface area contributed by atoms with Crippen molar-refractivity contribution >= 4 is 17.2 Å². The summed E-state index contributed by atoms with van der Waals surface area (Å²) in [5.41, 5.74) is 3.30. The maximum absolute atomic E-state index is 12.3. The summed E-state index contributed by atoms with van der Waals surface area (Å²) in [6.07, 6.45) is 0.430. The second-order valence-electron chi connectivity index (χ2n) is 6.53. The largest absolute Gasteiger partial charge is 0.339 e. The molecule has 1 aliphatic heterocycles. The molecule has 2 aromatic heterocycles. The Kier molecular flexibility index (Phi) is 4.13. The van der Waals surface area contributed by atoms with Gasteiger partial charge in [-0.1, -0.05) is 35.0 Å². The van der Waals surface area contributed by atoms with Crippen molar-refractivity contribution in [3.05, 3.63) is 57.6 Å². The van der Waals surface area contributed by atoms with Crippen LogP contribution in [-0.4, -0.2) is 27.5 Å². The predicted molar refractivity (Wildman–Crippen MR) is 96.3 cm³/mol. The minimum Gasteiger partial charge on any atom is -0.339 e. The minimum atomic E-state index is -0.0283. The van der Waals surface area contributed by atoms with Crippen LogP contribution in [0.4, 0.5) is 0 Å². The van der Waals surface area contributed by atoms with Crippen LogP contribution in [0, 0.1) is 13.8 Å². The summed E-state index contributed by atoms with van der Waals surface area (Å²) in [6, 6.07) is 10.2. The lowest BCUT2D eigenvalue weighted by atomic mass is 10.1. The lowest BCUT2D eigenvalue weighted by Gasteiger charge is -2.14. The van der Waals surface area contributed by atoms with Crippen LogP contribution in [0.1, 0.15) is 34.2 Å². The van der Waals surface area contributed by atoms with Gasteiger partial charge in [-0.25, -0.2) is 0 Å². The van der Waals surface area contributed by atoms with Crippen LogP contribution in [0.5, 0.6) is 0 Å². The molecule has 1 atom stereocenters. The van der Waals surface area contributed by atoms with E-state index in [2.05, 4.69) is 29.2 Å². The van der Waals surface area contributed by atoms with Gasteiger partial charge in [0, 0.05) is 23.4 Å². The summed E-state index contributed by atoms with van der Waals surface area (Å²) in [5, 5.41) is 6.16. The number of hydrogen-bond donors (Lipinski definition) is 0. The zero-order valence-electron chi connectivity index (χ0n) is 14.2. The summed E-state index contributed by atoms with van der Waals surface area (Å²) in [6.45, 7) is 5.39. The predicted octanol–water partition coefficient (Wildman–Crippen LogP) is 3.93. The van der Waals surface area contributed by atoms with E-state index in [0.717, 1.165) is 11.1 Å². The Labute approximate surface area is 150 Å². The highest BCUT2D eigenvalue weighted by Crippen LogP contribution is 2.30. The van der Waals surface area contributed by atoms with Gasteiger partial charge in [0.2, 0.25) is 17.6 Å². The van der Waals surface area contributed by atoms with Crippen molar-refractivity contribution in [3.8, 4) is 11.4 Å². The van der Waals surface area contributed by atoms with Crippen molar-refractivity contribution in [2.24, 2.45) is 0 Å². The molecule has 1 aliphatic rings. The molecule has 3 heterocycles. The van der Waals surface area contributed by atoms with Crippen molar-refractivity contribution in [2.45, 2.75) is 32.7 Å². The number of benzene rings is 1. The molecule has 1 amide bonds. The number of carbonyl (C=O) groups excluding carboxylic acids is 1. The molecule has 5 nitrogen and oxygen atoms in total. The molecule has 4 rings (SSSR count). The van der Waals surface area contributed by atoms with E-state index in [-0.39, 0.29) is 11.8 Å². The molecule has 6 heteroatoms. The van der Waals surface area contributed by atoms with E-state index < -0.39 is 0 Å². The number of aromatic nitrogens is 2. The molecule has 0 saturated carbocycles. The molecular formula is C19H19N3O2S. The molecule has 25 heavy (non-hydrogen) atoms. The van der Waals surface area contributed by atoms with Crippen LogP contribution in [0.15, 0.2) is 40.2 Å². The third kappa shape index (κ3) is 3.22. The van der Waals surface area contributed by atoms with Gasteiger partial charge in [-0.2, -0.15) is 4.98 Å². The molecular weight excluding hydrogens is 334 g/mol. The molecule has 0 spiro atoms. The van der Waals surface area contributed by atoms with Gasteiger partial charge in [-0.15, -0.1) is 11.3 Å². The highest BCUT2D eigenvalue weighted by Gasteiger charge is 2.34. The monoisotopic (exact) mass is 353 g/mol. The molecule has 128 valence electrons. The maximum Gasteiger partial charge on any atom is 0.232 e. The number of carbonyl (C=O) groups is 1. The van der Waals surface area contributed by atoms with Crippen molar-refractivity contribution in [1.82, 2.24) is 15.0 Å². The van der Waals surface area contributed by atoms with Gasteiger partial charge >= 0.3 is 0 Å². The third-order valence-corrected chi connectivity index (χ3v) is 5.42. The topological polar surface area (TPSA) is 59.2 Å². The maximum atomic E-state index is 12.3. The van der Waals surface area contributed by atoms with Gasteiger partial charge < -0.3 is 9.42 Å². The minimum absolute atomic E-state index is 0.0283. The lowest BCUT2D eigenvalue weighted by Crippen LogP contribution is -2.23. The number of likely N-dealkylation sites (tertiary alicyclic amines) is 1. The summed E-state index contributed by atoms with van der Waals surface area (Å²) < 4.78 is 5.48. The second kappa shape index (κ2) is 6.44. The standard InChI is InChI=1S/C19H19N3O2S/c1-12-5-6-16(13(2)8-12)18-20-19(24-21-18)14-9-17(23)22(10-14)11-15-4-3-7-25-15/h3-8,14H,9-11H2,1-2H3. The van der Waals surface area contributed by atoms with Crippen LogP contribution >= 0.6 is 11.3 Å². The first-order valence-corrected chi connectivity index (χ1v) is 9.19. The van der Waals surface area contributed by atoms with Gasteiger partial charge in [-0.3, -0.25) is 4.79 Å². The summed E-state index contributed by atoms with van der Waals surface area (Å²) >= 11 is 1.67. The van der Waals surface area contributed by atoms with E-state index in [1.54, 1.807) is 11.3 Å². The van der Waals surface area contributed by atoms with Gasteiger partial charge in [-0.05, 0) is 30.9 Å². The molecule has 3 aromatic rings. The fourth-order valence-corrected chi connectivity index (χ4v) is 3.98. The highest BCUT2D eigenvalue weighted by molar-refractivity contribution is 7.09. The third-order valence-electron chi connectivity index (χ3n) is 4.56. The number of amides is 1. The van der Waals surface area contributed by atoms with E-state index in [1.165, 1.54) is 10.4 Å². The van der Waals surface area contributed by atoms with Crippen LogP contribution in [-0.2, 0) is 11.3 Å². The van der Waals surface area contributed by atoms with E-state index >= 15 is 0 Å². The first kappa shape index (κ1) is 16.0. The smallest absolute Gasteiger partial charge is 0.232 e. The fraction of sp³-hybridized carbons (Fsp3) is 0.316. The number of hydrogen-bond acceptors (Lipinski definition) is 5. The molecule has 0 aliphatic carbocycles. The van der Waals surface area contributed by atoms with Gasteiger partial charge in [0.15, 0.2) is 0 Å². The Morgan fingerprint density at radius 2 is 2.20 bits per heavy atom. The van der Waals surface area contributed by atoms with E-state index in [4.69, 9.17) is 4.52 Å². The van der Waals surface area contributed by atoms with E-state index in [1.807, 2.05) is 35.4 Å². The fourth-order valence-electron chi connectivity index (χ4n) is 3.26. The molecule has 0 bridgehead atoms. The Hall–Kier alpha value is -2.47. The van der Waals surface area contributed by atoms with Crippen molar-refractivity contribution in [3.63, 3.8) is 0 Å². The molecule has 0 radical (unpaired) electrons. The van der Waals surface area contributed by atoms with Crippen LogP contribution in [0.2, 0.25) is 0 Å². The van der Waals surface area contributed by atoms with Crippen molar-refractivity contribution in [2.75, 3.05) is 6.54 Å². The van der Waals surface area contributed by atoms with Gasteiger partial charge in [0.05, 0.1) is 12.5 Å². The zero-order chi connectivity index (χ0) is 17.4. The highest BCUT2D eigenvalue weighted by atomic mass is 32.1. The number of rotatable bonds is 4. The van der Waals surface area contributed by atoms with Crippen LogP contribution in [0.25, 0.3) is 11.4 Å². The Bertz CT molecular complexity index is 901. The van der Waals surface area contributed by atoms with Gasteiger partial charge in [0.1, 0.15) is 0 Å². The quantitative estimate of drug-likeness (QED) is 0.713. The Balaban J connectivity index is 1.51. The molecule has 1 aromatic carbocycles. The number of aryl methyl sites for hydroxylation is 2. The summed E-state index contributed by atoms with van der Waals surface area (Å²) in [5.74, 6) is 1.26. The average Bonchev–Trinajstić information content (AvgIpc) is 3.30. The second-order valence-corrected chi connectivity index (χ2v) is 7.56. The average molecular weight is 353 g/mol. The van der Waals surface area contributed by atoms with E-state index in [0.29, 0.717) is 31.2 Å². The normalized spacial score (nSPS) is 17.4. The van der Waals surface area contributed by atoms with Crippen LogP contribution < -0.4 is 0 Å². The first-order chi connectivity index (χ1) is 12.1. The number of thiophene rings is 1. The number of nitrogens with zero attached hydrogens (tertiary/aromatic N) is 3. The summed E-state index contributed by atoms with van der Waals surface area (Å²) in [4.78, 5) is 19.9.